The molecular formula is C14H11BrN4. The van der Waals surface area contributed by atoms with E-state index in [0.717, 1.165) is 21.5 Å². The smallest absolute Gasteiger partial charge is 0.187 e. The summed E-state index contributed by atoms with van der Waals surface area (Å²) in [5.74, 6) is 0.733. The van der Waals surface area contributed by atoms with Gasteiger partial charge in [0.05, 0.1) is 5.69 Å². The minimum Gasteiger partial charge on any atom is -0.193 e. The van der Waals surface area contributed by atoms with Crippen LogP contribution in [-0.2, 0) is 0 Å². The molecule has 5 heteroatoms. The van der Waals surface area contributed by atoms with E-state index in [1.54, 1.807) is 4.68 Å². The van der Waals surface area contributed by atoms with E-state index in [1.165, 1.54) is 5.56 Å². The largest absolute Gasteiger partial charge is 0.193 e. The molecule has 0 N–H and O–H groups in total. The van der Waals surface area contributed by atoms with E-state index in [9.17, 15) is 0 Å². The summed E-state index contributed by atoms with van der Waals surface area (Å²) < 4.78 is 2.77. The Morgan fingerprint density at radius 1 is 0.947 bits per heavy atom. The van der Waals surface area contributed by atoms with Crippen molar-refractivity contribution in [2.75, 3.05) is 0 Å². The molecule has 0 atom stereocenters. The van der Waals surface area contributed by atoms with E-state index in [2.05, 4.69) is 38.4 Å². The summed E-state index contributed by atoms with van der Waals surface area (Å²) in [4.78, 5) is 0. The van der Waals surface area contributed by atoms with Crippen LogP contribution in [0.2, 0.25) is 0 Å². The number of benzene rings is 2. The highest BCUT2D eigenvalue weighted by Crippen LogP contribution is 2.21. The van der Waals surface area contributed by atoms with Gasteiger partial charge in [-0.1, -0.05) is 45.8 Å². The van der Waals surface area contributed by atoms with E-state index < -0.39 is 0 Å². The fraction of sp³-hybridized carbons (Fsp3) is 0.0714. The van der Waals surface area contributed by atoms with Crippen molar-refractivity contribution in [2.24, 2.45) is 0 Å². The molecular weight excluding hydrogens is 304 g/mol. The average molecular weight is 315 g/mol. The van der Waals surface area contributed by atoms with Crippen LogP contribution in [0.5, 0.6) is 0 Å². The molecule has 0 aliphatic carbocycles. The van der Waals surface area contributed by atoms with Crippen LogP contribution >= 0.6 is 15.9 Å². The molecule has 0 fully saturated rings. The van der Waals surface area contributed by atoms with Crippen LogP contribution in [0.4, 0.5) is 0 Å². The van der Waals surface area contributed by atoms with Gasteiger partial charge in [-0.05, 0) is 41.6 Å². The Morgan fingerprint density at radius 3 is 2.32 bits per heavy atom. The third kappa shape index (κ3) is 2.42. The van der Waals surface area contributed by atoms with Crippen LogP contribution in [0.3, 0.4) is 0 Å². The minimum atomic E-state index is 0.733. The molecule has 3 rings (SSSR count). The lowest BCUT2D eigenvalue weighted by molar-refractivity contribution is 0.791. The molecule has 94 valence electrons. The first kappa shape index (κ1) is 12.0. The van der Waals surface area contributed by atoms with E-state index in [0.29, 0.717) is 0 Å². The monoisotopic (exact) mass is 314 g/mol. The lowest BCUT2D eigenvalue weighted by Crippen LogP contribution is -1.99. The van der Waals surface area contributed by atoms with Gasteiger partial charge in [0.25, 0.3) is 0 Å². The average Bonchev–Trinajstić information content (AvgIpc) is 2.90. The van der Waals surface area contributed by atoms with Crippen molar-refractivity contribution in [3.8, 4) is 17.1 Å². The van der Waals surface area contributed by atoms with Crippen molar-refractivity contribution in [1.82, 2.24) is 20.2 Å². The van der Waals surface area contributed by atoms with Crippen LogP contribution in [0.25, 0.3) is 17.1 Å². The van der Waals surface area contributed by atoms with Gasteiger partial charge in [-0.3, -0.25) is 0 Å². The first-order valence-corrected chi connectivity index (χ1v) is 6.65. The fourth-order valence-corrected chi connectivity index (χ4v) is 2.09. The summed E-state index contributed by atoms with van der Waals surface area (Å²) in [6, 6.07) is 16.0. The van der Waals surface area contributed by atoms with Gasteiger partial charge in [-0.2, -0.15) is 4.68 Å². The zero-order valence-electron chi connectivity index (χ0n) is 10.3. The molecule has 0 aliphatic rings. The van der Waals surface area contributed by atoms with Crippen LogP contribution in [0, 0.1) is 6.92 Å². The Kier molecular flexibility index (Phi) is 3.13. The lowest BCUT2D eigenvalue weighted by atomic mass is 10.2. The molecule has 0 radical (unpaired) electrons. The second-order valence-corrected chi connectivity index (χ2v) is 5.17. The van der Waals surface area contributed by atoms with Crippen molar-refractivity contribution in [2.45, 2.75) is 6.92 Å². The molecule has 1 aromatic heterocycles. The number of halogens is 1. The fourth-order valence-electron chi connectivity index (χ4n) is 1.83. The topological polar surface area (TPSA) is 43.6 Å². The number of aryl methyl sites for hydroxylation is 1. The Hall–Kier alpha value is -2.01. The summed E-state index contributed by atoms with van der Waals surface area (Å²) in [6.07, 6.45) is 0. The molecule has 0 saturated heterocycles. The van der Waals surface area contributed by atoms with Gasteiger partial charge in [-0.15, -0.1) is 5.10 Å². The number of rotatable bonds is 2. The predicted octanol–water partition coefficient (Wildman–Crippen LogP) is 3.40. The molecule has 1 heterocycles. The molecule has 4 nitrogen and oxygen atoms in total. The van der Waals surface area contributed by atoms with E-state index in [4.69, 9.17) is 0 Å². The molecule has 0 bridgehead atoms. The Morgan fingerprint density at radius 2 is 1.63 bits per heavy atom. The third-order valence-electron chi connectivity index (χ3n) is 2.85. The molecule has 0 aliphatic heterocycles. The maximum atomic E-state index is 4.10. The number of tetrazole rings is 1. The highest BCUT2D eigenvalue weighted by atomic mass is 79.9. The van der Waals surface area contributed by atoms with Crippen LogP contribution in [-0.4, -0.2) is 20.2 Å². The SMILES string of the molecule is Cc1ccc(-n2nnnc2-c2ccc(Br)cc2)cc1. The molecule has 3 aromatic rings. The molecule has 19 heavy (non-hydrogen) atoms. The predicted molar refractivity (Wildman–Crippen MR) is 77.0 cm³/mol. The van der Waals surface area contributed by atoms with Gasteiger partial charge >= 0.3 is 0 Å². The zero-order chi connectivity index (χ0) is 13.2. The quantitative estimate of drug-likeness (QED) is 0.728. The van der Waals surface area contributed by atoms with Gasteiger partial charge in [0, 0.05) is 10.0 Å². The van der Waals surface area contributed by atoms with Gasteiger partial charge < -0.3 is 0 Å². The highest BCUT2D eigenvalue weighted by molar-refractivity contribution is 9.10. The first-order valence-electron chi connectivity index (χ1n) is 5.85. The summed E-state index contributed by atoms with van der Waals surface area (Å²) in [5, 5.41) is 11.9. The second kappa shape index (κ2) is 4.93. The maximum Gasteiger partial charge on any atom is 0.187 e. The standard InChI is InChI=1S/C14H11BrN4/c1-10-2-8-13(9-3-10)19-14(16-17-18-19)11-4-6-12(15)7-5-11/h2-9H,1H3. The number of nitrogens with zero attached hydrogens (tertiary/aromatic N) is 4. The van der Waals surface area contributed by atoms with Crippen molar-refractivity contribution in [3.63, 3.8) is 0 Å². The molecule has 0 amide bonds. The molecule has 0 unspecified atom stereocenters. The third-order valence-corrected chi connectivity index (χ3v) is 3.38. The van der Waals surface area contributed by atoms with Crippen LogP contribution in [0.1, 0.15) is 5.56 Å². The maximum absolute atomic E-state index is 4.10. The first-order chi connectivity index (χ1) is 9.24. The molecule has 2 aromatic carbocycles. The summed E-state index contributed by atoms with van der Waals surface area (Å²) in [7, 11) is 0. The Bertz CT molecular complexity index is 626. The van der Waals surface area contributed by atoms with Crippen molar-refractivity contribution >= 4 is 15.9 Å². The van der Waals surface area contributed by atoms with Crippen molar-refractivity contribution < 1.29 is 0 Å². The van der Waals surface area contributed by atoms with E-state index in [-0.39, 0.29) is 0 Å². The van der Waals surface area contributed by atoms with Crippen molar-refractivity contribution in [1.29, 1.82) is 0 Å². The van der Waals surface area contributed by atoms with E-state index >= 15 is 0 Å². The summed E-state index contributed by atoms with van der Waals surface area (Å²) in [5.41, 5.74) is 3.14. The molecule has 0 saturated carbocycles. The van der Waals surface area contributed by atoms with Gasteiger partial charge in [-0.25, -0.2) is 0 Å². The van der Waals surface area contributed by atoms with Crippen molar-refractivity contribution in [3.05, 3.63) is 58.6 Å². The summed E-state index contributed by atoms with van der Waals surface area (Å²) >= 11 is 3.42. The number of hydrogen-bond donors (Lipinski definition) is 0. The number of aromatic nitrogens is 4. The van der Waals surface area contributed by atoms with Gasteiger partial charge in [0.15, 0.2) is 5.82 Å². The summed E-state index contributed by atoms with van der Waals surface area (Å²) in [6.45, 7) is 2.05. The van der Waals surface area contributed by atoms with Crippen LogP contribution < -0.4 is 0 Å². The number of hydrogen-bond acceptors (Lipinski definition) is 3. The van der Waals surface area contributed by atoms with Crippen LogP contribution in [0.15, 0.2) is 53.0 Å². The molecule has 0 spiro atoms. The zero-order valence-corrected chi connectivity index (χ0v) is 11.9. The minimum absolute atomic E-state index is 0.733. The van der Waals surface area contributed by atoms with Gasteiger partial charge in [0.2, 0.25) is 0 Å². The lowest BCUT2D eigenvalue weighted by Gasteiger charge is -2.05. The van der Waals surface area contributed by atoms with Gasteiger partial charge in [0.1, 0.15) is 0 Å². The normalized spacial score (nSPS) is 10.6. The Balaban J connectivity index is 2.07. The highest BCUT2D eigenvalue weighted by Gasteiger charge is 2.10. The second-order valence-electron chi connectivity index (χ2n) is 4.26. The Labute approximate surface area is 119 Å². The van der Waals surface area contributed by atoms with E-state index in [1.807, 2.05) is 48.5 Å².